The van der Waals surface area contributed by atoms with Gasteiger partial charge in [0.1, 0.15) is 27.2 Å². The first-order chi connectivity index (χ1) is 19.0. The number of phenolic OH excluding ortho intramolecular Hbond substituents is 1. The van der Waals surface area contributed by atoms with Crippen molar-refractivity contribution < 1.29 is 80.3 Å². The zero-order valence-corrected chi connectivity index (χ0v) is 23.8. The summed E-state index contributed by atoms with van der Waals surface area (Å²) < 4.78 is 40.7. The topological polar surface area (TPSA) is 232 Å². The molecule has 0 bridgehead atoms. The van der Waals surface area contributed by atoms with Crippen molar-refractivity contribution >= 4 is 67.3 Å². The van der Waals surface area contributed by atoms with Crippen molar-refractivity contribution in [2.45, 2.75) is 16.7 Å². The van der Waals surface area contributed by atoms with Crippen LogP contribution >= 0.6 is 12.0 Å². The Morgan fingerprint density at radius 3 is 2.24 bits per heavy atom. The summed E-state index contributed by atoms with van der Waals surface area (Å²) in [6.45, 7) is 1.85. The molecule has 4 N–H and O–H groups in total. The molecule has 0 radical (unpaired) electrons. The summed E-state index contributed by atoms with van der Waals surface area (Å²) in [5, 5.41) is 49.8. The molecule has 206 valence electrons. The van der Waals surface area contributed by atoms with E-state index in [-0.39, 0.29) is 82.4 Å². The number of carbonyl (C=O) groups is 1. The fraction of sp³-hybridized carbons (Fsp3) is 0.0417. The summed E-state index contributed by atoms with van der Waals surface area (Å²) in [4.78, 5) is 10.6. The molecule has 0 aromatic heterocycles. The molecule has 0 unspecified atom stereocenters. The van der Waals surface area contributed by atoms with Crippen molar-refractivity contribution in [3.8, 4) is 5.75 Å². The third kappa shape index (κ3) is 7.77. The van der Waals surface area contributed by atoms with Crippen molar-refractivity contribution in [3.63, 3.8) is 0 Å². The van der Waals surface area contributed by atoms with Crippen molar-refractivity contribution in [2.75, 3.05) is 5.73 Å². The largest absolute Gasteiger partial charge is 1.00 e. The minimum atomic E-state index is -5.15. The summed E-state index contributed by atoms with van der Waals surface area (Å²) in [7, 11) is -5.15. The molecule has 4 aromatic carbocycles. The van der Waals surface area contributed by atoms with Crippen molar-refractivity contribution in [2.24, 2.45) is 20.5 Å². The predicted molar refractivity (Wildman–Crippen MR) is 139 cm³/mol. The molecule has 4 aromatic rings. The van der Waals surface area contributed by atoms with Gasteiger partial charge in [-0.25, -0.2) is 13.2 Å². The van der Waals surface area contributed by atoms with E-state index in [0.717, 1.165) is 11.6 Å². The molecule has 0 saturated carbocycles. The molecule has 4 rings (SSSR count). The number of rotatable bonds is 9. The van der Waals surface area contributed by atoms with Gasteiger partial charge in [-0.3, -0.25) is 5.04 Å². The number of fused-ring (bicyclic) bond motifs is 1. The average Bonchev–Trinajstić information content (AvgIpc) is 2.91. The van der Waals surface area contributed by atoms with Gasteiger partial charge in [0, 0.05) is 0 Å². The average molecular weight is 597 g/mol. The number of aromatic hydroxyl groups is 1. The number of hydrogen-bond donors (Lipinski definition) is 3. The second kappa shape index (κ2) is 14.8. The molecule has 0 aliphatic carbocycles. The molecule has 0 fully saturated rings. The van der Waals surface area contributed by atoms with E-state index in [4.69, 9.17) is 5.73 Å². The minimum Gasteiger partial charge on any atom is -0.744 e. The zero-order chi connectivity index (χ0) is 29.0. The molecular formula is C24H17Li2N5O9S2. The number of hydrogen-bond acceptors (Lipinski definition) is 14. The van der Waals surface area contributed by atoms with Crippen LogP contribution in [0, 0.1) is 6.92 Å². The van der Waals surface area contributed by atoms with Crippen LogP contribution in [0.4, 0.5) is 28.4 Å². The van der Waals surface area contributed by atoms with E-state index >= 15 is 0 Å². The first-order valence-electron chi connectivity index (χ1n) is 10.9. The number of benzene rings is 4. The van der Waals surface area contributed by atoms with Gasteiger partial charge in [0.05, 0.1) is 44.2 Å². The van der Waals surface area contributed by atoms with Crippen LogP contribution < -0.4 is 48.7 Å². The Hall–Kier alpha value is -3.26. The Morgan fingerprint density at radius 1 is 0.976 bits per heavy atom. The second-order valence-electron chi connectivity index (χ2n) is 8.04. The standard InChI is InChI=1S/C24H19N5O9S2.2Li/c1-12-6-8-14(9-7-12)26-29-22-18(40(34,35)36)11-13-10-17(39-38-37-33)21(23(30)19(13)20(22)25)28-27-16-5-3-2-4-15(16)24(31)32;;/h2-11,30,33H,25H2,1H3,(H,31,32)(H,34,35,36);;/q;2*+1/p-2. The van der Waals surface area contributed by atoms with Gasteiger partial charge in [0.15, 0.2) is 5.75 Å². The molecule has 14 nitrogen and oxygen atoms in total. The molecule has 0 atom stereocenters. The van der Waals surface area contributed by atoms with E-state index in [1.807, 2.05) is 6.92 Å². The number of nitrogens with two attached hydrogens (primary N) is 1. The van der Waals surface area contributed by atoms with Crippen LogP contribution in [0.3, 0.4) is 0 Å². The van der Waals surface area contributed by atoms with Crippen LogP contribution in [-0.4, -0.2) is 29.2 Å². The molecule has 0 aliphatic heterocycles. The minimum absolute atomic E-state index is 0. The summed E-state index contributed by atoms with van der Waals surface area (Å²) in [6, 6.07) is 14.4. The number of carboxylic acids is 1. The fourth-order valence-electron chi connectivity index (χ4n) is 3.58. The van der Waals surface area contributed by atoms with Gasteiger partial charge in [-0.1, -0.05) is 29.8 Å². The Balaban J connectivity index is 0.00000308. The molecule has 18 heteroatoms. The van der Waals surface area contributed by atoms with E-state index in [1.54, 1.807) is 24.3 Å². The summed E-state index contributed by atoms with van der Waals surface area (Å²) in [5.41, 5.74) is 5.91. The third-order valence-corrected chi connectivity index (χ3v) is 6.89. The second-order valence-corrected chi connectivity index (χ2v) is 10.1. The van der Waals surface area contributed by atoms with E-state index in [2.05, 4.69) is 29.8 Å². The van der Waals surface area contributed by atoms with Gasteiger partial charge in [0.25, 0.3) is 0 Å². The van der Waals surface area contributed by atoms with Crippen LogP contribution in [0.1, 0.15) is 15.9 Å². The van der Waals surface area contributed by atoms with Crippen molar-refractivity contribution in [3.05, 3.63) is 71.8 Å². The monoisotopic (exact) mass is 597 g/mol. The Bertz CT molecular complexity index is 1790. The fourth-order valence-corrected chi connectivity index (χ4v) is 4.73. The third-order valence-electron chi connectivity index (χ3n) is 5.43. The maximum absolute atomic E-state index is 12.1. The van der Waals surface area contributed by atoms with Crippen LogP contribution in [0.2, 0.25) is 0 Å². The smallest absolute Gasteiger partial charge is 0.744 e. The molecule has 42 heavy (non-hydrogen) atoms. The van der Waals surface area contributed by atoms with Gasteiger partial charge in [-0.15, -0.1) is 15.3 Å². The summed E-state index contributed by atoms with van der Waals surface area (Å²) in [5.74, 6) is -1.96. The van der Waals surface area contributed by atoms with Crippen LogP contribution in [-0.2, 0) is 19.5 Å². The molecule has 0 amide bonds. The van der Waals surface area contributed by atoms with E-state index < -0.39 is 38.1 Å². The van der Waals surface area contributed by atoms with Crippen molar-refractivity contribution in [1.29, 1.82) is 0 Å². The SMILES string of the molecule is Cc1ccc(N=Nc2c(S(=O)(=O)[O-])cc3cc(SOO[O-])c(N=Nc4ccccc4C(=O)O)c(O)c3c2N)cc1.[Li+].[Li+]. The molecule has 0 spiro atoms. The van der Waals surface area contributed by atoms with E-state index in [9.17, 15) is 33.2 Å². The molecular weight excluding hydrogens is 580 g/mol. The number of phenols is 1. The molecule has 0 saturated heterocycles. The quantitative estimate of drug-likeness (QED) is 0.0407. The summed E-state index contributed by atoms with van der Waals surface area (Å²) >= 11 is 0.279. The van der Waals surface area contributed by atoms with Gasteiger partial charge < -0.3 is 25.8 Å². The van der Waals surface area contributed by atoms with Gasteiger partial charge in [0.2, 0.25) is 0 Å². The molecule has 0 aliphatic rings. The number of aryl methyl sites for hydroxylation is 1. The number of azo groups is 2. The van der Waals surface area contributed by atoms with Gasteiger partial charge in [-0.2, -0.15) is 9.45 Å². The Morgan fingerprint density at radius 2 is 1.62 bits per heavy atom. The van der Waals surface area contributed by atoms with Crippen LogP contribution in [0.5, 0.6) is 5.75 Å². The van der Waals surface area contributed by atoms with Gasteiger partial charge in [-0.05, 0) is 48.7 Å². The maximum atomic E-state index is 12.1. The van der Waals surface area contributed by atoms with E-state index in [1.165, 1.54) is 30.3 Å². The van der Waals surface area contributed by atoms with Crippen LogP contribution in [0.15, 0.2) is 90.9 Å². The summed E-state index contributed by atoms with van der Waals surface area (Å²) in [6.07, 6.45) is 0. The Labute approximate surface area is 266 Å². The number of nitrogen functional groups attached to an aromatic ring is 1. The first kappa shape index (κ1) is 34.9. The number of anilines is 1. The van der Waals surface area contributed by atoms with Gasteiger partial charge >= 0.3 is 43.7 Å². The number of nitrogens with zero attached hydrogens (tertiary/aromatic N) is 4. The van der Waals surface area contributed by atoms with Crippen molar-refractivity contribution in [1.82, 2.24) is 0 Å². The molecule has 0 heterocycles. The zero-order valence-electron chi connectivity index (χ0n) is 22.2. The van der Waals surface area contributed by atoms with Crippen LogP contribution in [0.25, 0.3) is 10.8 Å². The normalized spacial score (nSPS) is 11.5. The number of carboxylic acid groups (broad SMARTS) is 1. The van der Waals surface area contributed by atoms with E-state index in [0.29, 0.717) is 5.69 Å². The maximum Gasteiger partial charge on any atom is 1.00 e. The first-order valence-corrected chi connectivity index (χ1v) is 13.1. The predicted octanol–water partition coefficient (Wildman–Crippen LogP) is -0.892. The Kier molecular flexibility index (Phi) is 12.3. The number of aromatic carboxylic acids is 1.